The number of hydrogen-bond acceptors (Lipinski definition) is 7. The van der Waals surface area contributed by atoms with E-state index < -0.39 is 65.7 Å². The lowest BCUT2D eigenvalue weighted by molar-refractivity contribution is -0.138. The van der Waals surface area contributed by atoms with Gasteiger partial charge in [0.2, 0.25) is 0 Å². The van der Waals surface area contributed by atoms with Crippen LogP contribution in [-0.2, 0) is 12.7 Å². The highest BCUT2D eigenvalue weighted by Crippen LogP contribution is 2.32. The summed E-state index contributed by atoms with van der Waals surface area (Å²) in [5.41, 5.74) is -4.76. The molecule has 3 heterocycles. The molecule has 0 bridgehead atoms. The maximum atomic E-state index is 14.9. The Hall–Kier alpha value is -4.34. The van der Waals surface area contributed by atoms with Gasteiger partial charge < -0.3 is 15.0 Å². The fourth-order valence-electron chi connectivity index (χ4n) is 4.18. The Morgan fingerprint density at radius 1 is 1.10 bits per heavy atom. The number of nitrogens with one attached hydrogen (secondary N) is 2. The van der Waals surface area contributed by atoms with E-state index in [2.05, 4.69) is 20.4 Å². The maximum Gasteiger partial charge on any atom is 0.423 e. The summed E-state index contributed by atoms with van der Waals surface area (Å²) >= 11 is 0. The van der Waals surface area contributed by atoms with Crippen LogP contribution in [0, 0.1) is 5.82 Å². The van der Waals surface area contributed by atoms with Crippen molar-refractivity contribution in [3.8, 4) is 11.4 Å². The lowest BCUT2D eigenvalue weighted by Crippen LogP contribution is -2.30. The van der Waals surface area contributed by atoms with E-state index in [1.54, 1.807) is 5.10 Å². The monoisotopic (exact) mass is 586 g/mol. The van der Waals surface area contributed by atoms with Crippen molar-refractivity contribution in [3.05, 3.63) is 80.6 Å². The molecule has 3 atom stereocenters. The first-order valence-electron chi connectivity index (χ1n) is 11.9. The van der Waals surface area contributed by atoms with Gasteiger partial charge >= 0.3 is 6.18 Å². The van der Waals surface area contributed by atoms with Crippen LogP contribution in [0.5, 0.6) is 0 Å². The summed E-state index contributed by atoms with van der Waals surface area (Å²) in [5.74, 6) is -1.11. The van der Waals surface area contributed by atoms with E-state index in [0.717, 1.165) is 29.2 Å². The van der Waals surface area contributed by atoms with Gasteiger partial charge in [-0.15, -0.1) is 0 Å². The van der Waals surface area contributed by atoms with Gasteiger partial charge in [0.1, 0.15) is 23.7 Å². The molecule has 41 heavy (non-hydrogen) atoms. The lowest BCUT2D eigenvalue weighted by Gasteiger charge is -2.20. The molecule has 9 nitrogen and oxygen atoms in total. The highest BCUT2D eigenvalue weighted by Gasteiger charge is 2.37. The van der Waals surface area contributed by atoms with Crippen LogP contribution in [0.4, 0.5) is 36.4 Å². The molecule has 218 valence electrons. The van der Waals surface area contributed by atoms with Crippen molar-refractivity contribution in [1.29, 1.82) is 0 Å². The molecule has 0 radical (unpaired) electrons. The number of aromatic nitrogens is 5. The minimum Gasteiger partial charge on any atom is -0.382 e. The third-order valence-electron chi connectivity index (χ3n) is 6.10. The average Bonchev–Trinajstić information content (AvgIpc) is 2.89. The number of halogens is 7. The van der Waals surface area contributed by atoms with Crippen LogP contribution in [-0.4, -0.2) is 48.5 Å². The molecular formula is C25H21F7N6O3. The minimum absolute atomic E-state index is 0.110. The molecule has 3 N–H and O–H groups in total. The number of pyridine rings is 1. The van der Waals surface area contributed by atoms with Gasteiger partial charge in [-0.05, 0) is 30.5 Å². The van der Waals surface area contributed by atoms with Crippen molar-refractivity contribution in [2.24, 2.45) is 0 Å². The molecule has 0 amide bonds. The van der Waals surface area contributed by atoms with E-state index in [1.165, 1.54) is 25.3 Å². The van der Waals surface area contributed by atoms with E-state index in [1.807, 2.05) is 0 Å². The zero-order chi connectivity index (χ0) is 30.1. The second kappa shape index (κ2) is 11.6. The normalized spacial score (nSPS) is 14.3. The zero-order valence-electron chi connectivity index (χ0n) is 21.0. The molecule has 0 aliphatic carbocycles. The summed E-state index contributed by atoms with van der Waals surface area (Å²) in [6.45, 7) is 0.887. The van der Waals surface area contributed by atoms with Crippen molar-refractivity contribution in [2.45, 2.75) is 50.8 Å². The lowest BCUT2D eigenvalue weighted by atomic mass is 10.1. The number of aliphatic hydroxyl groups is 1. The third-order valence-corrected chi connectivity index (χ3v) is 6.10. The molecule has 0 unspecified atom stereocenters. The fourth-order valence-corrected chi connectivity index (χ4v) is 4.18. The van der Waals surface area contributed by atoms with E-state index in [4.69, 9.17) is 0 Å². The van der Waals surface area contributed by atoms with Crippen LogP contribution in [0.25, 0.3) is 22.2 Å². The molecule has 0 aliphatic rings. The third kappa shape index (κ3) is 6.53. The molecule has 1 aromatic carbocycles. The molecule has 0 fully saturated rings. The van der Waals surface area contributed by atoms with Crippen molar-refractivity contribution < 1.29 is 35.8 Å². The number of hydrogen-bond donors (Lipinski definition) is 3. The highest BCUT2D eigenvalue weighted by atomic mass is 19.4. The Morgan fingerprint density at radius 3 is 2.41 bits per heavy atom. The topological polar surface area (TPSA) is 126 Å². The number of rotatable bonds is 9. The number of fused-ring (bicyclic) bond motifs is 1. The van der Waals surface area contributed by atoms with Gasteiger partial charge in [0.05, 0.1) is 29.4 Å². The Kier molecular flexibility index (Phi) is 8.42. The largest absolute Gasteiger partial charge is 0.423 e. The van der Waals surface area contributed by atoms with E-state index in [0.29, 0.717) is 0 Å². The summed E-state index contributed by atoms with van der Waals surface area (Å²) in [4.78, 5) is 32.2. The second-order valence-electron chi connectivity index (χ2n) is 9.18. The predicted molar refractivity (Wildman–Crippen MR) is 133 cm³/mol. The molecule has 0 saturated heterocycles. The number of aromatic amines is 1. The summed E-state index contributed by atoms with van der Waals surface area (Å²) in [6.07, 6.45) is -8.37. The molecule has 0 spiro atoms. The second-order valence-corrected chi connectivity index (χ2v) is 9.18. The molecule has 4 rings (SSSR count). The van der Waals surface area contributed by atoms with Crippen LogP contribution >= 0.6 is 0 Å². The molecule has 3 aromatic heterocycles. The fraction of sp³-hybridized carbons (Fsp3) is 0.320. The number of aliphatic hydroxyl groups excluding tert-OH is 1. The number of alkyl halides is 6. The number of nitrogens with zero attached hydrogens (tertiary/aromatic N) is 4. The average molecular weight is 586 g/mol. The van der Waals surface area contributed by atoms with Crippen molar-refractivity contribution in [1.82, 2.24) is 24.7 Å². The first-order valence-corrected chi connectivity index (χ1v) is 11.9. The van der Waals surface area contributed by atoms with Gasteiger partial charge in [0, 0.05) is 36.6 Å². The molecular weight excluding hydrogens is 565 g/mol. The Balaban J connectivity index is 1.50. The predicted octanol–water partition coefficient (Wildman–Crippen LogP) is 4.23. The Morgan fingerprint density at radius 2 is 1.78 bits per heavy atom. The Bertz CT molecular complexity index is 1660. The Labute approximate surface area is 225 Å². The van der Waals surface area contributed by atoms with Gasteiger partial charge in [-0.3, -0.25) is 9.59 Å². The maximum absolute atomic E-state index is 14.9. The van der Waals surface area contributed by atoms with Crippen LogP contribution in [0.15, 0.2) is 52.6 Å². The summed E-state index contributed by atoms with van der Waals surface area (Å²) < 4.78 is 95.8. The first-order chi connectivity index (χ1) is 19.3. The number of benzene rings is 1. The van der Waals surface area contributed by atoms with Gasteiger partial charge in [0.15, 0.2) is 5.82 Å². The summed E-state index contributed by atoms with van der Waals surface area (Å²) in [6, 6.07) is 2.64. The molecule has 4 aromatic rings. The van der Waals surface area contributed by atoms with Gasteiger partial charge in [0.25, 0.3) is 17.5 Å². The van der Waals surface area contributed by atoms with Crippen LogP contribution in [0.2, 0.25) is 0 Å². The van der Waals surface area contributed by atoms with E-state index in [-0.39, 0.29) is 34.1 Å². The summed E-state index contributed by atoms with van der Waals surface area (Å²) in [7, 11) is 0. The summed E-state index contributed by atoms with van der Waals surface area (Å²) in [5, 5.41) is 17.0. The zero-order valence-corrected chi connectivity index (χ0v) is 21.0. The van der Waals surface area contributed by atoms with Crippen molar-refractivity contribution in [2.75, 3.05) is 5.32 Å². The molecule has 16 heteroatoms. The number of anilines is 1. The van der Waals surface area contributed by atoms with E-state index in [9.17, 15) is 45.4 Å². The van der Waals surface area contributed by atoms with Crippen molar-refractivity contribution in [3.63, 3.8) is 0 Å². The number of H-pyrrole nitrogens is 1. The van der Waals surface area contributed by atoms with Crippen LogP contribution < -0.4 is 16.4 Å². The quantitative estimate of drug-likeness (QED) is 0.251. The van der Waals surface area contributed by atoms with Crippen LogP contribution in [0.3, 0.4) is 0 Å². The van der Waals surface area contributed by atoms with Crippen LogP contribution in [0.1, 0.15) is 30.6 Å². The standard InChI is InChI=1S/C25H21F7N6O3/c1-11(36-18-9-35-37-23(40)19(18)25(30,31)32)4-14(26)10-38-3-2-12-5-16(17(27)6-15(12)24(38)41)22-33-7-13(8-34-22)20(39)21(28)29/h2-3,5-9,11,14,20-21,39H,4,10H2,1H3,(H2,36,37,40)/t11-,14+,20+/m0/s1. The first kappa shape index (κ1) is 29.6. The van der Waals surface area contributed by atoms with Gasteiger partial charge in [-0.2, -0.15) is 18.3 Å². The molecule has 0 saturated carbocycles. The highest BCUT2D eigenvalue weighted by molar-refractivity contribution is 5.86. The van der Waals surface area contributed by atoms with E-state index >= 15 is 0 Å². The smallest absolute Gasteiger partial charge is 0.382 e. The SMILES string of the molecule is C[C@@H](C[C@@H](F)Cn1ccc2cc(-c3ncc([C@@H](O)C(F)F)cn3)c(F)cc2c1=O)Nc1cn[nH]c(=O)c1C(F)(F)F. The van der Waals surface area contributed by atoms with Gasteiger partial charge in [-0.25, -0.2) is 32.6 Å². The van der Waals surface area contributed by atoms with Crippen molar-refractivity contribution >= 4 is 16.5 Å². The minimum atomic E-state index is -4.98. The molecule has 0 aliphatic heterocycles. The van der Waals surface area contributed by atoms with Gasteiger partial charge in [-0.1, -0.05) is 0 Å².